The fourth-order valence-electron chi connectivity index (χ4n) is 8.60. The monoisotopic (exact) mass is 911 g/mol. The number of nitrogens with zero attached hydrogens (tertiary/aromatic N) is 9. The van der Waals surface area contributed by atoms with Gasteiger partial charge in [-0.1, -0.05) is 56.2 Å². The zero-order chi connectivity index (χ0) is 46.2. The summed E-state index contributed by atoms with van der Waals surface area (Å²) in [6.07, 6.45) is 5.72. The fraction of sp³-hybridized carbons (Fsp3) is 0.408. The van der Waals surface area contributed by atoms with Gasteiger partial charge in [-0.05, 0) is 67.1 Å². The predicted octanol–water partition coefficient (Wildman–Crippen LogP) is 6.41. The molecule has 0 unspecified atom stereocenters. The van der Waals surface area contributed by atoms with Gasteiger partial charge in [0.2, 0.25) is 11.8 Å². The van der Waals surface area contributed by atoms with Crippen LogP contribution in [0.25, 0.3) is 32.8 Å². The van der Waals surface area contributed by atoms with Crippen molar-refractivity contribution in [2.75, 3.05) is 58.2 Å². The van der Waals surface area contributed by atoms with Crippen LogP contribution < -0.4 is 15.8 Å². The number of aromatic nitrogens is 6. The van der Waals surface area contributed by atoms with Crippen molar-refractivity contribution in [3.05, 3.63) is 95.6 Å². The average Bonchev–Trinajstić information content (AvgIpc) is 4.16. The van der Waals surface area contributed by atoms with Crippen molar-refractivity contribution in [1.82, 2.24) is 50.1 Å². The number of ether oxygens (including phenoxy) is 1. The summed E-state index contributed by atoms with van der Waals surface area (Å²) in [6.45, 7) is 14.7. The summed E-state index contributed by atoms with van der Waals surface area (Å²) in [5.74, 6) is 6.75. The van der Waals surface area contributed by atoms with Gasteiger partial charge in [-0.25, -0.2) is 4.98 Å². The van der Waals surface area contributed by atoms with E-state index >= 15 is 0 Å². The van der Waals surface area contributed by atoms with Crippen molar-refractivity contribution in [2.45, 2.75) is 71.5 Å². The van der Waals surface area contributed by atoms with Crippen molar-refractivity contribution in [1.29, 1.82) is 0 Å². The van der Waals surface area contributed by atoms with E-state index in [1.807, 2.05) is 57.6 Å². The number of aromatic hydroxyl groups is 1. The Morgan fingerprint density at radius 3 is 2.48 bits per heavy atom. The maximum atomic E-state index is 14.1. The number of likely N-dealkylation sites (tertiary alicyclic amines) is 1. The maximum absolute atomic E-state index is 14.1. The van der Waals surface area contributed by atoms with Crippen LogP contribution in [0.2, 0.25) is 0 Å². The van der Waals surface area contributed by atoms with E-state index in [2.05, 4.69) is 64.5 Å². The van der Waals surface area contributed by atoms with Gasteiger partial charge in [-0.3, -0.25) is 24.1 Å². The van der Waals surface area contributed by atoms with E-state index in [-0.39, 0.29) is 35.3 Å². The first-order valence-corrected chi connectivity index (χ1v) is 23.5. The molecule has 17 heteroatoms. The highest BCUT2D eigenvalue weighted by molar-refractivity contribution is 7.13. The van der Waals surface area contributed by atoms with Crippen molar-refractivity contribution in [3.63, 3.8) is 0 Å². The van der Waals surface area contributed by atoms with E-state index in [4.69, 9.17) is 15.0 Å². The molecule has 0 saturated carbocycles. The fourth-order valence-corrected chi connectivity index (χ4v) is 9.41. The number of para-hydroxylation sites is 1. The smallest absolute Gasteiger partial charge is 0.254 e. The lowest BCUT2D eigenvalue weighted by atomic mass is 9.91. The maximum Gasteiger partial charge on any atom is 0.254 e. The average molecular weight is 912 g/mol. The van der Waals surface area contributed by atoms with Gasteiger partial charge in [-0.2, -0.15) is 5.10 Å². The molecule has 66 heavy (non-hydrogen) atoms. The molecule has 0 bridgehead atoms. The molecular weight excluding hydrogens is 855 g/mol. The minimum atomic E-state index is -0.596. The minimum Gasteiger partial charge on any atom is -0.507 e. The third-order valence-electron chi connectivity index (χ3n) is 12.3. The van der Waals surface area contributed by atoms with Crippen LogP contribution >= 0.6 is 11.3 Å². The van der Waals surface area contributed by atoms with Gasteiger partial charge in [0.25, 0.3) is 5.88 Å². The van der Waals surface area contributed by atoms with Crippen LogP contribution in [0.3, 0.4) is 0 Å². The van der Waals surface area contributed by atoms with E-state index in [0.29, 0.717) is 54.6 Å². The molecule has 2 fully saturated rings. The molecular formula is C49H57N11O5S. The molecule has 2 aliphatic heterocycles. The van der Waals surface area contributed by atoms with Gasteiger partial charge in [0, 0.05) is 81.2 Å². The molecule has 344 valence electrons. The summed E-state index contributed by atoms with van der Waals surface area (Å²) in [5.41, 5.74) is 13.7. The molecule has 6 aromatic rings. The van der Waals surface area contributed by atoms with Crippen molar-refractivity contribution >= 4 is 29.0 Å². The first-order valence-electron chi connectivity index (χ1n) is 22.6. The largest absolute Gasteiger partial charge is 0.507 e. The topological polar surface area (TPSA) is 194 Å². The molecule has 8 rings (SSSR count). The Labute approximate surface area is 389 Å². The number of piperazine rings is 1. The Kier molecular flexibility index (Phi) is 14.7. The van der Waals surface area contributed by atoms with Crippen molar-refractivity contribution in [3.8, 4) is 56.3 Å². The summed E-state index contributed by atoms with van der Waals surface area (Å²) in [7, 11) is 0. The lowest BCUT2D eigenvalue weighted by Crippen LogP contribution is -2.48. The predicted molar refractivity (Wildman–Crippen MR) is 253 cm³/mol. The second-order valence-electron chi connectivity index (χ2n) is 17.2. The summed E-state index contributed by atoms with van der Waals surface area (Å²) in [4.78, 5) is 39.8. The molecule has 2 amide bonds. The minimum absolute atomic E-state index is 0.0850. The van der Waals surface area contributed by atoms with Gasteiger partial charge in [-0.15, -0.1) is 27.5 Å². The van der Waals surface area contributed by atoms with Crippen molar-refractivity contribution in [2.24, 2.45) is 5.92 Å². The number of nitrogens with two attached hydrogens (primary N) is 1. The van der Waals surface area contributed by atoms with Crippen LogP contribution in [-0.4, -0.2) is 120 Å². The van der Waals surface area contributed by atoms with Gasteiger partial charge in [0.15, 0.2) is 11.6 Å². The van der Waals surface area contributed by atoms with E-state index in [0.717, 1.165) is 79.4 Å². The third-order valence-corrected chi connectivity index (χ3v) is 13.3. The summed E-state index contributed by atoms with van der Waals surface area (Å²) in [5, 5.41) is 30.3. The van der Waals surface area contributed by atoms with E-state index in [1.54, 1.807) is 57.4 Å². The molecule has 6 heterocycles. The Hall–Kier alpha value is -6.61. The molecule has 2 saturated heterocycles. The first kappa shape index (κ1) is 45.9. The number of benzene rings is 2. The SMILES string of the molecule is Cc1ncsc1-c1ccc([C@H](C)NC(=O)[C@@H]2CCCN2C(=O)[C@@H](c2cc(OCCN3CCN(CCC#CCn4cc(-c5cc(-c6ccccc6O)nnc5N)cn4)CC3)no2)C(C)C)cc1. The number of nitrogen functional groups attached to an aromatic ring is 1. The van der Waals surface area contributed by atoms with E-state index in [1.165, 1.54) is 0 Å². The highest BCUT2D eigenvalue weighted by Gasteiger charge is 2.40. The molecule has 3 atom stereocenters. The van der Waals surface area contributed by atoms with Gasteiger partial charge in [0.1, 0.15) is 30.9 Å². The number of carbonyl (C=O) groups excluding carboxylic acids is 2. The molecule has 16 nitrogen and oxygen atoms in total. The molecule has 0 spiro atoms. The standard InChI is InChI=1S/C49H57N11O5S/c1-32(2)45(49(63)60-20-10-12-41(60)48(62)53-33(3)35-14-16-36(17-15-35)46-34(4)51-31-66-46)43-28-44(56-65-43)64-26-25-58-23-21-57(22-24-58)18-8-5-9-19-59-30-37(29-52-59)39-27-40(54-55-47(39)50)38-11-6-7-13-42(38)61/h6-7,11,13-17,27-33,41,45,61H,8,10,12,18-26H2,1-4H3,(H2,50,55)(H,53,62)/t33-,41-,45+/m0/s1. The number of amides is 2. The Balaban J connectivity index is 0.749. The molecule has 2 aromatic carbocycles. The third kappa shape index (κ3) is 10.9. The summed E-state index contributed by atoms with van der Waals surface area (Å²) >= 11 is 1.61. The highest BCUT2D eigenvalue weighted by Crippen LogP contribution is 2.34. The van der Waals surface area contributed by atoms with Crippen LogP contribution in [0, 0.1) is 24.7 Å². The van der Waals surface area contributed by atoms with Crippen molar-refractivity contribution < 1.29 is 24.0 Å². The number of anilines is 1. The first-order chi connectivity index (χ1) is 32.0. The number of hydrogen-bond acceptors (Lipinski definition) is 14. The number of carbonyl (C=O) groups is 2. The van der Waals surface area contributed by atoms with Crippen LogP contribution in [-0.2, 0) is 16.1 Å². The molecule has 0 radical (unpaired) electrons. The molecule has 2 aliphatic rings. The van der Waals surface area contributed by atoms with E-state index < -0.39 is 12.0 Å². The van der Waals surface area contributed by atoms with Gasteiger partial charge >= 0.3 is 0 Å². The Bertz CT molecular complexity index is 2660. The quantitative estimate of drug-likeness (QED) is 0.0903. The second-order valence-corrected chi connectivity index (χ2v) is 18.1. The van der Waals surface area contributed by atoms with Crippen LogP contribution in [0.5, 0.6) is 11.6 Å². The number of nitrogens with one attached hydrogen (secondary N) is 1. The van der Waals surface area contributed by atoms with Gasteiger partial charge < -0.3 is 30.3 Å². The number of thiazole rings is 1. The normalized spacial score (nSPS) is 16.5. The van der Waals surface area contributed by atoms with Crippen LogP contribution in [0.1, 0.15) is 69.0 Å². The number of hydrogen-bond donors (Lipinski definition) is 3. The number of phenols is 1. The number of aryl methyl sites for hydroxylation is 1. The molecule has 4 N–H and O–H groups in total. The van der Waals surface area contributed by atoms with Gasteiger partial charge in [0.05, 0.1) is 34.0 Å². The highest BCUT2D eigenvalue weighted by atomic mass is 32.1. The zero-order valence-electron chi connectivity index (χ0n) is 37.9. The summed E-state index contributed by atoms with van der Waals surface area (Å²) < 4.78 is 13.5. The Morgan fingerprint density at radius 1 is 0.970 bits per heavy atom. The van der Waals surface area contributed by atoms with Crippen LogP contribution in [0.4, 0.5) is 5.82 Å². The zero-order valence-corrected chi connectivity index (χ0v) is 38.7. The lowest BCUT2D eigenvalue weighted by Gasteiger charge is -2.34. The van der Waals surface area contributed by atoms with Crippen LogP contribution in [0.15, 0.2) is 83.1 Å². The lowest BCUT2D eigenvalue weighted by molar-refractivity contribution is -0.141. The second kappa shape index (κ2) is 21.1. The molecule has 0 aliphatic carbocycles. The summed E-state index contributed by atoms with van der Waals surface area (Å²) in [6, 6.07) is 17.9. The number of phenolic OH excluding ortho intramolecular Hbond substituents is 1. The molecule has 4 aromatic heterocycles. The Morgan fingerprint density at radius 2 is 1.74 bits per heavy atom. The number of rotatable bonds is 16. The van der Waals surface area contributed by atoms with E-state index in [9.17, 15) is 14.7 Å².